The number of anilines is 1. The Hall–Kier alpha value is -2.53. The van der Waals surface area contributed by atoms with Crippen LogP contribution in [0, 0.1) is 13.8 Å². The molecule has 0 saturated heterocycles. The predicted molar refractivity (Wildman–Crippen MR) is 102 cm³/mol. The maximum Gasteiger partial charge on any atom is 0.235 e. The number of fused-ring (bicyclic) bond motifs is 1. The Morgan fingerprint density at radius 1 is 1.12 bits per heavy atom. The van der Waals surface area contributed by atoms with Crippen LogP contribution in [0.4, 0.5) is 5.82 Å². The van der Waals surface area contributed by atoms with E-state index in [-0.39, 0.29) is 11.2 Å². The number of thioether (sulfide) groups is 1. The quantitative estimate of drug-likeness (QED) is 0.752. The molecule has 25 heavy (non-hydrogen) atoms. The fourth-order valence-corrected chi connectivity index (χ4v) is 4.41. The topological polar surface area (TPSA) is 46.9 Å². The van der Waals surface area contributed by atoms with E-state index < -0.39 is 0 Å². The number of benzene rings is 2. The SMILES string of the molecule is Cc1cccc(-n2nc(C)c3c2NC(=O)CSC3c2ccccc2)c1. The highest BCUT2D eigenvalue weighted by atomic mass is 32.2. The summed E-state index contributed by atoms with van der Waals surface area (Å²) in [5.41, 5.74) is 5.34. The lowest BCUT2D eigenvalue weighted by Crippen LogP contribution is -2.15. The van der Waals surface area contributed by atoms with Gasteiger partial charge in [-0.05, 0) is 37.1 Å². The van der Waals surface area contributed by atoms with E-state index in [4.69, 9.17) is 5.10 Å². The zero-order valence-electron chi connectivity index (χ0n) is 14.2. The van der Waals surface area contributed by atoms with Gasteiger partial charge in [0.25, 0.3) is 0 Å². The lowest BCUT2D eigenvalue weighted by molar-refractivity contribution is -0.113. The maximum absolute atomic E-state index is 12.3. The Balaban J connectivity index is 1.91. The van der Waals surface area contributed by atoms with E-state index in [0.29, 0.717) is 5.75 Å². The normalized spacial score (nSPS) is 16.9. The minimum atomic E-state index is 0.0125. The molecular formula is C20H19N3OS. The number of hydrogen-bond donors (Lipinski definition) is 1. The zero-order chi connectivity index (χ0) is 17.4. The molecule has 0 fully saturated rings. The molecule has 1 unspecified atom stereocenters. The first-order valence-electron chi connectivity index (χ1n) is 8.26. The Kier molecular flexibility index (Phi) is 4.09. The van der Waals surface area contributed by atoms with Crippen molar-refractivity contribution in [3.05, 3.63) is 77.0 Å². The molecule has 0 spiro atoms. The Bertz CT molecular complexity index is 933. The van der Waals surface area contributed by atoms with Crippen LogP contribution in [-0.4, -0.2) is 21.4 Å². The Morgan fingerprint density at radius 3 is 2.68 bits per heavy atom. The third kappa shape index (κ3) is 2.96. The summed E-state index contributed by atoms with van der Waals surface area (Å²) in [6, 6.07) is 18.5. The monoisotopic (exact) mass is 349 g/mol. The molecule has 1 aliphatic rings. The number of carbonyl (C=O) groups excluding carboxylic acids is 1. The molecule has 1 atom stereocenters. The van der Waals surface area contributed by atoms with E-state index in [2.05, 4.69) is 36.5 Å². The zero-order valence-corrected chi connectivity index (χ0v) is 15.0. The van der Waals surface area contributed by atoms with E-state index in [1.165, 1.54) is 5.56 Å². The molecule has 4 nitrogen and oxygen atoms in total. The molecule has 126 valence electrons. The van der Waals surface area contributed by atoms with Crippen molar-refractivity contribution in [1.29, 1.82) is 0 Å². The van der Waals surface area contributed by atoms with Crippen LogP contribution in [0.3, 0.4) is 0 Å². The number of hydrogen-bond acceptors (Lipinski definition) is 3. The number of nitrogens with one attached hydrogen (secondary N) is 1. The second-order valence-corrected chi connectivity index (χ2v) is 7.34. The smallest absolute Gasteiger partial charge is 0.235 e. The van der Waals surface area contributed by atoms with Crippen LogP contribution < -0.4 is 5.32 Å². The highest BCUT2D eigenvalue weighted by Crippen LogP contribution is 2.43. The standard InChI is InChI=1S/C20H19N3OS/c1-13-7-6-10-16(11-13)23-20-18(14(2)22-23)19(25-12-17(24)21-20)15-8-4-3-5-9-15/h3-11,19H,12H2,1-2H3,(H,21,24). The van der Waals surface area contributed by atoms with Gasteiger partial charge in [0.15, 0.2) is 0 Å². The van der Waals surface area contributed by atoms with E-state index in [0.717, 1.165) is 28.3 Å². The largest absolute Gasteiger partial charge is 0.310 e. The van der Waals surface area contributed by atoms with E-state index in [1.807, 2.05) is 41.9 Å². The molecule has 1 N–H and O–H groups in total. The molecule has 4 rings (SSSR count). The Labute approximate surface area is 151 Å². The van der Waals surface area contributed by atoms with Gasteiger partial charge in [0, 0.05) is 5.56 Å². The van der Waals surface area contributed by atoms with Gasteiger partial charge >= 0.3 is 0 Å². The average molecular weight is 349 g/mol. The van der Waals surface area contributed by atoms with Crippen LogP contribution in [0.2, 0.25) is 0 Å². The van der Waals surface area contributed by atoms with Gasteiger partial charge in [0.2, 0.25) is 5.91 Å². The fourth-order valence-electron chi connectivity index (χ4n) is 3.22. The maximum atomic E-state index is 12.3. The molecule has 0 bridgehead atoms. The molecule has 2 aromatic carbocycles. The van der Waals surface area contributed by atoms with Crippen LogP contribution in [0.5, 0.6) is 0 Å². The van der Waals surface area contributed by atoms with Crippen molar-refractivity contribution in [2.45, 2.75) is 19.1 Å². The number of aromatic nitrogens is 2. The Morgan fingerprint density at radius 2 is 1.92 bits per heavy atom. The predicted octanol–water partition coefficient (Wildman–Crippen LogP) is 4.26. The van der Waals surface area contributed by atoms with Gasteiger partial charge in [-0.15, -0.1) is 11.8 Å². The molecule has 3 aromatic rings. The number of rotatable bonds is 2. The van der Waals surface area contributed by atoms with Gasteiger partial charge in [0.05, 0.1) is 22.4 Å². The summed E-state index contributed by atoms with van der Waals surface area (Å²) in [5.74, 6) is 1.23. The van der Waals surface area contributed by atoms with Crippen molar-refractivity contribution >= 4 is 23.5 Å². The van der Waals surface area contributed by atoms with Crippen molar-refractivity contribution in [2.24, 2.45) is 0 Å². The van der Waals surface area contributed by atoms with Crippen LogP contribution >= 0.6 is 11.8 Å². The molecule has 0 radical (unpaired) electrons. The average Bonchev–Trinajstić information content (AvgIpc) is 2.82. The van der Waals surface area contributed by atoms with Gasteiger partial charge in [-0.25, -0.2) is 4.68 Å². The summed E-state index contributed by atoms with van der Waals surface area (Å²) in [6.45, 7) is 4.07. The first-order valence-corrected chi connectivity index (χ1v) is 9.31. The third-order valence-corrected chi connectivity index (χ3v) is 5.63. The van der Waals surface area contributed by atoms with Gasteiger partial charge in [-0.2, -0.15) is 5.10 Å². The first-order chi connectivity index (χ1) is 12.1. The minimum Gasteiger partial charge on any atom is -0.310 e. The lowest BCUT2D eigenvalue weighted by atomic mass is 10.0. The lowest BCUT2D eigenvalue weighted by Gasteiger charge is -2.15. The summed E-state index contributed by atoms with van der Waals surface area (Å²) < 4.78 is 1.86. The molecular weight excluding hydrogens is 330 g/mol. The fraction of sp³-hybridized carbons (Fsp3) is 0.200. The molecule has 1 aromatic heterocycles. The van der Waals surface area contributed by atoms with Crippen LogP contribution in [0.1, 0.15) is 27.6 Å². The first kappa shape index (κ1) is 16.0. The second-order valence-electron chi connectivity index (χ2n) is 6.25. The molecule has 0 aliphatic carbocycles. The summed E-state index contributed by atoms with van der Waals surface area (Å²) in [5, 5.41) is 7.91. The molecule has 1 aliphatic heterocycles. The minimum absolute atomic E-state index is 0.0125. The molecule has 1 amide bonds. The van der Waals surface area contributed by atoms with Crippen LogP contribution in [0.15, 0.2) is 54.6 Å². The van der Waals surface area contributed by atoms with Crippen LogP contribution in [0.25, 0.3) is 5.69 Å². The van der Waals surface area contributed by atoms with E-state index in [9.17, 15) is 4.79 Å². The van der Waals surface area contributed by atoms with E-state index >= 15 is 0 Å². The van der Waals surface area contributed by atoms with Crippen molar-refractivity contribution in [1.82, 2.24) is 9.78 Å². The highest BCUT2D eigenvalue weighted by molar-refractivity contribution is 8.00. The number of nitrogens with zero attached hydrogens (tertiary/aromatic N) is 2. The molecule has 2 heterocycles. The molecule has 0 saturated carbocycles. The van der Waals surface area contributed by atoms with Crippen molar-refractivity contribution in [3.8, 4) is 5.69 Å². The third-order valence-electron chi connectivity index (χ3n) is 4.36. The summed E-state index contributed by atoms with van der Waals surface area (Å²) in [4.78, 5) is 12.3. The van der Waals surface area contributed by atoms with Crippen LogP contribution in [-0.2, 0) is 4.79 Å². The van der Waals surface area contributed by atoms with Crippen molar-refractivity contribution in [3.63, 3.8) is 0 Å². The molecule has 5 heteroatoms. The van der Waals surface area contributed by atoms with Gasteiger partial charge < -0.3 is 5.32 Å². The van der Waals surface area contributed by atoms with Gasteiger partial charge in [0.1, 0.15) is 5.82 Å². The summed E-state index contributed by atoms with van der Waals surface area (Å²) in [7, 11) is 0. The van der Waals surface area contributed by atoms with Crippen molar-refractivity contribution in [2.75, 3.05) is 11.1 Å². The van der Waals surface area contributed by atoms with Crippen molar-refractivity contribution < 1.29 is 4.79 Å². The van der Waals surface area contributed by atoms with E-state index in [1.54, 1.807) is 11.8 Å². The summed E-state index contributed by atoms with van der Waals surface area (Å²) >= 11 is 1.65. The van der Waals surface area contributed by atoms with Gasteiger partial charge in [-0.1, -0.05) is 42.5 Å². The number of aryl methyl sites for hydroxylation is 2. The summed E-state index contributed by atoms with van der Waals surface area (Å²) in [6.07, 6.45) is 0. The van der Waals surface area contributed by atoms with Gasteiger partial charge in [-0.3, -0.25) is 4.79 Å². The second kappa shape index (κ2) is 6.41. The number of carbonyl (C=O) groups is 1. The highest BCUT2D eigenvalue weighted by Gasteiger charge is 2.30. The number of amides is 1.